The van der Waals surface area contributed by atoms with Gasteiger partial charge in [-0.25, -0.2) is 0 Å². The molecule has 44 heavy (non-hydrogen) atoms. The molecule has 2 aliphatic heterocycles. The van der Waals surface area contributed by atoms with Crippen LogP contribution in [0.2, 0.25) is 0 Å². The molecule has 0 aliphatic carbocycles. The topological polar surface area (TPSA) is 21.7 Å². The Labute approximate surface area is 264 Å². The third kappa shape index (κ3) is 4.03. The minimum atomic E-state index is -0.480. The van der Waals surface area contributed by atoms with E-state index in [0.717, 1.165) is 16.7 Å². The van der Waals surface area contributed by atoms with Crippen molar-refractivity contribution in [1.29, 1.82) is 0 Å². The summed E-state index contributed by atoms with van der Waals surface area (Å²) in [6.07, 6.45) is 0. The fourth-order valence-corrected chi connectivity index (χ4v) is 8.19. The lowest BCUT2D eigenvalue weighted by molar-refractivity contribution is 0.00578. The summed E-state index contributed by atoms with van der Waals surface area (Å²) < 4.78 is 15.9. The molecule has 0 spiro atoms. The van der Waals surface area contributed by atoms with Crippen molar-refractivity contribution in [2.75, 3.05) is 4.90 Å². The number of hydrogen-bond acceptors (Lipinski definition) is 4. The molecule has 6 aromatic rings. The molecule has 0 radical (unpaired) electrons. The molecule has 0 saturated carbocycles. The standard InChI is InChI=1S/C39H36BNO2S/c1-37(2)31-17-8-10-19-33(31)41(34-20-11-9-18-32(34)37)27-23-25(22-26(24-27)40-42-38(3,4)39(5,6)43-40)28-15-13-16-30-29-14-7-12-21-35(29)44-36(28)30/h7-24H,1-6H3. The Kier molecular flexibility index (Phi) is 6.00. The van der Waals surface area contributed by atoms with Crippen molar-refractivity contribution in [2.24, 2.45) is 0 Å². The van der Waals surface area contributed by atoms with E-state index in [9.17, 15) is 0 Å². The zero-order chi connectivity index (χ0) is 30.4. The molecule has 8 rings (SSSR count). The Bertz CT molecular complexity index is 2030. The lowest BCUT2D eigenvalue weighted by atomic mass is 9.73. The van der Waals surface area contributed by atoms with E-state index >= 15 is 0 Å². The van der Waals surface area contributed by atoms with Gasteiger partial charge in [0.2, 0.25) is 0 Å². The summed E-state index contributed by atoms with van der Waals surface area (Å²) in [6.45, 7) is 13.1. The van der Waals surface area contributed by atoms with E-state index < -0.39 is 18.3 Å². The van der Waals surface area contributed by atoms with Crippen molar-refractivity contribution in [3.63, 3.8) is 0 Å². The monoisotopic (exact) mass is 593 g/mol. The first-order valence-electron chi connectivity index (χ1n) is 15.5. The number of rotatable bonds is 3. The van der Waals surface area contributed by atoms with Crippen molar-refractivity contribution < 1.29 is 9.31 Å². The molecule has 5 heteroatoms. The highest BCUT2D eigenvalue weighted by molar-refractivity contribution is 7.26. The third-order valence-corrected chi connectivity index (χ3v) is 11.3. The van der Waals surface area contributed by atoms with E-state index in [-0.39, 0.29) is 5.41 Å². The first kappa shape index (κ1) is 27.6. The SMILES string of the molecule is CC1(C)c2ccccc2N(c2cc(B3OC(C)(C)C(C)(C)O3)cc(-c3cccc4c3sc3ccccc34)c2)c2ccccc21. The number of thiophene rings is 1. The van der Waals surface area contributed by atoms with Gasteiger partial charge in [0.05, 0.1) is 22.6 Å². The van der Waals surface area contributed by atoms with Crippen LogP contribution >= 0.6 is 11.3 Å². The van der Waals surface area contributed by atoms with Crippen molar-refractivity contribution in [3.05, 3.63) is 120 Å². The fourth-order valence-electron chi connectivity index (χ4n) is 6.96. The van der Waals surface area contributed by atoms with Crippen LogP contribution in [-0.4, -0.2) is 18.3 Å². The van der Waals surface area contributed by atoms with Crippen molar-refractivity contribution >= 4 is 61.2 Å². The molecule has 3 heterocycles. The van der Waals surface area contributed by atoms with Gasteiger partial charge in [0.1, 0.15) is 0 Å². The maximum absolute atomic E-state index is 6.65. The van der Waals surface area contributed by atoms with Crippen LogP contribution in [0.4, 0.5) is 17.1 Å². The maximum atomic E-state index is 6.65. The zero-order valence-corrected chi connectivity index (χ0v) is 27.0. The lowest BCUT2D eigenvalue weighted by Crippen LogP contribution is -2.41. The van der Waals surface area contributed by atoms with Crippen LogP contribution < -0.4 is 10.4 Å². The minimum Gasteiger partial charge on any atom is -0.399 e. The second-order valence-corrected chi connectivity index (χ2v) is 14.7. The molecular weight excluding hydrogens is 557 g/mol. The van der Waals surface area contributed by atoms with E-state index in [0.29, 0.717) is 0 Å². The van der Waals surface area contributed by atoms with E-state index in [1.165, 1.54) is 48.2 Å². The van der Waals surface area contributed by atoms with E-state index in [1.807, 2.05) is 11.3 Å². The maximum Gasteiger partial charge on any atom is 0.494 e. The summed E-state index contributed by atoms with van der Waals surface area (Å²) in [4.78, 5) is 2.43. The molecule has 0 bridgehead atoms. The summed E-state index contributed by atoms with van der Waals surface area (Å²) in [5, 5.41) is 2.60. The highest BCUT2D eigenvalue weighted by atomic mass is 32.1. The number of hydrogen-bond donors (Lipinski definition) is 0. The van der Waals surface area contributed by atoms with Gasteiger partial charge in [-0.2, -0.15) is 0 Å². The summed E-state index contributed by atoms with van der Waals surface area (Å²) in [6, 6.07) is 39.9. The summed E-state index contributed by atoms with van der Waals surface area (Å²) in [5.41, 5.74) is 8.53. The van der Waals surface area contributed by atoms with Gasteiger partial charge in [-0.15, -0.1) is 11.3 Å². The molecule has 0 unspecified atom stereocenters. The Morgan fingerprint density at radius 1 is 0.614 bits per heavy atom. The number of nitrogens with zero attached hydrogens (tertiary/aromatic N) is 1. The van der Waals surface area contributed by atoms with Gasteiger partial charge in [0.25, 0.3) is 0 Å². The molecule has 1 aromatic heterocycles. The predicted octanol–water partition coefficient (Wildman–Crippen LogP) is 10.1. The van der Waals surface area contributed by atoms with E-state index in [2.05, 4.69) is 156 Å². The molecule has 0 N–H and O–H groups in total. The van der Waals surface area contributed by atoms with Crippen molar-refractivity contribution in [3.8, 4) is 11.1 Å². The fraction of sp³-hybridized carbons (Fsp3) is 0.231. The van der Waals surface area contributed by atoms with Crippen LogP contribution in [-0.2, 0) is 14.7 Å². The lowest BCUT2D eigenvalue weighted by Gasteiger charge is -2.42. The molecule has 0 atom stereocenters. The number of benzene rings is 5. The second-order valence-electron chi connectivity index (χ2n) is 13.7. The van der Waals surface area contributed by atoms with E-state index in [4.69, 9.17) is 9.31 Å². The van der Waals surface area contributed by atoms with Gasteiger partial charge in [-0.3, -0.25) is 0 Å². The van der Waals surface area contributed by atoms with Crippen LogP contribution in [0, 0.1) is 0 Å². The van der Waals surface area contributed by atoms with E-state index in [1.54, 1.807) is 0 Å². The Balaban J connectivity index is 1.40. The minimum absolute atomic E-state index is 0.126. The van der Waals surface area contributed by atoms with Gasteiger partial charge in [0, 0.05) is 31.3 Å². The predicted molar refractivity (Wildman–Crippen MR) is 187 cm³/mol. The first-order chi connectivity index (χ1) is 21.0. The van der Waals surface area contributed by atoms with Crippen LogP contribution in [0.25, 0.3) is 31.3 Å². The quantitative estimate of drug-likeness (QED) is 0.191. The average Bonchev–Trinajstić information content (AvgIpc) is 3.50. The Morgan fingerprint density at radius 3 is 1.89 bits per heavy atom. The smallest absolute Gasteiger partial charge is 0.399 e. The summed E-state index contributed by atoms with van der Waals surface area (Å²) in [5.74, 6) is 0. The number of para-hydroxylation sites is 2. The molecule has 218 valence electrons. The summed E-state index contributed by atoms with van der Waals surface area (Å²) in [7, 11) is -0.480. The highest BCUT2D eigenvalue weighted by Gasteiger charge is 2.52. The zero-order valence-electron chi connectivity index (χ0n) is 26.1. The highest BCUT2D eigenvalue weighted by Crippen LogP contribution is 2.52. The van der Waals surface area contributed by atoms with Gasteiger partial charge in [-0.05, 0) is 85.7 Å². The molecule has 5 aromatic carbocycles. The van der Waals surface area contributed by atoms with Gasteiger partial charge in [-0.1, -0.05) is 92.7 Å². The van der Waals surface area contributed by atoms with Crippen molar-refractivity contribution in [1.82, 2.24) is 0 Å². The Hall–Kier alpha value is -3.90. The van der Waals surface area contributed by atoms with Crippen LogP contribution in [0.15, 0.2) is 109 Å². The Morgan fingerprint density at radius 2 is 1.20 bits per heavy atom. The molecule has 1 saturated heterocycles. The molecule has 3 nitrogen and oxygen atoms in total. The second kappa shape index (κ2) is 9.55. The van der Waals surface area contributed by atoms with Crippen molar-refractivity contribution in [2.45, 2.75) is 58.2 Å². The molecular formula is C39H36BNO2S. The largest absolute Gasteiger partial charge is 0.494 e. The number of anilines is 3. The number of fused-ring (bicyclic) bond motifs is 5. The molecule has 2 aliphatic rings. The molecule has 1 fully saturated rings. The van der Waals surface area contributed by atoms with Gasteiger partial charge < -0.3 is 14.2 Å². The van der Waals surface area contributed by atoms with Crippen LogP contribution in [0.1, 0.15) is 52.7 Å². The third-order valence-electron chi connectivity index (χ3n) is 10.1. The average molecular weight is 594 g/mol. The van der Waals surface area contributed by atoms with Crippen LogP contribution in [0.5, 0.6) is 0 Å². The van der Waals surface area contributed by atoms with Crippen LogP contribution in [0.3, 0.4) is 0 Å². The normalized spacial score (nSPS) is 18.0. The first-order valence-corrected chi connectivity index (χ1v) is 16.3. The van der Waals surface area contributed by atoms with Gasteiger partial charge in [0.15, 0.2) is 0 Å². The molecule has 0 amide bonds. The van der Waals surface area contributed by atoms with Gasteiger partial charge >= 0.3 is 7.12 Å². The summed E-state index contributed by atoms with van der Waals surface area (Å²) >= 11 is 1.86.